The van der Waals surface area contributed by atoms with Crippen molar-refractivity contribution in [2.45, 2.75) is 31.8 Å². The van der Waals surface area contributed by atoms with E-state index in [1.807, 2.05) is 0 Å². The number of nitrogens with one attached hydrogen (secondary N) is 1. The summed E-state index contributed by atoms with van der Waals surface area (Å²) in [7, 11) is 3.10. The predicted molar refractivity (Wildman–Crippen MR) is 157 cm³/mol. The minimum atomic E-state index is -0.722. The van der Waals surface area contributed by atoms with Crippen LogP contribution in [-0.2, 0) is 6.42 Å². The van der Waals surface area contributed by atoms with E-state index in [2.05, 4.69) is 15.3 Å². The molecule has 3 heterocycles. The molecule has 1 unspecified atom stereocenters. The van der Waals surface area contributed by atoms with E-state index in [1.54, 1.807) is 57.0 Å². The van der Waals surface area contributed by atoms with Gasteiger partial charge in [-0.2, -0.15) is 0 Å². The molecular formula is C32H27FN4O6. The Balaban J connectivity index is 1.23. The molecule has 4 aromatic rings. The van der Waals surface area contributed by atoms with Crippen LogP contribution in [0.1, 0.15) is 45.7 Å². The van der Waals surface area contributed by atoms with Gasteiger partial charge in [-0.25, -0.2) is 9.38 Å². The monoisotopic (exact) mass is 582 g/mol. The van der Waals surface area contributed by atoms with Gasteiger partial charge in [-0.15, -0.1) is 0 Å². The van der Waals surface area contributed by atoms with Crippen LogP contribution in [0.2, 0.25) is 0 Å². The average Bonchev–Trinajstić information content (AvgIpc) is 3.01. The molecule has 0 fully saturated rings. The highest BCUT2D eigenvalue weighted by Crippen LogP contribution is 2.36. The van der Waals surface area contributed by atoms with E-state index < -0.39 is 23.4 Å². The van der Waals surface area contributed by atoms with Crippen molar-refractivity contribution in [1.29, 1.82) is 0 Å². The Labute approximate surface area is 245 Å². The van der Waals surface area contributed by atoms with Gasteiger partial charge >= 0.3 is 0 Å². The smallest absolute Gasteiger partial charge is 0.268 e. The van der Waals surface area contributed by atoms with E-state index in [1.165, 1.54) is 28.8 Å². The second-order valence-corrected chi connectivity index (χ2v) is 10.1. The van der Waals surface area contributed by atoms with Crippen molar-refractivity contribution in [1.82, 2.24) is 14.9 Å². The highest BCUT2D eigenvalue weighted by molar-refractivity contribution is 6.02. The number of amides is 1. The van der Waals surface area contributed by atoms with Crippen molar-refractivity contribution in [3.05, 3.63) is 99.6 Å². The molecule has 0 spiro atoms. The molecule has 0 saturated carbocycles. The summed E-state index contributed by atoms with van der Waals surface area (Å²) in [5.41, 5.74) is 0.792. The fraction of sp³-hybridized carbons (Fsp3) is 0.219. The van der Waals surface area contributed by atoms with Gasteiger partial charge in [0.05, 0.1) is 25.4 Å². The van der Waals surface area contributed by atoms with Crippen molar-refractivity contribution < 1.29 is 28.2 Å². The molecule has 10 nitrogen and oxygen atoms in total. The normalized spacial score (nSPS) is 15.9. The number of aliphatic imine (C=N–C) groups is 1. The van der Waals surface area contributed by atoms with E-state index in [-0.39, 0.29) is 28.4 Å². The number of benzene rings is 2. The number of pyridine rings is 2. The third kappa shape index (κ3) is 5.36. The quantitative estimate of drug-likeness (QED) is 0.339. The number of nitrogens with zero attached hydrogens (tertiary/aromatic N) is 3. The lowest BCUT2D eigenvalue weighted by molar-refractivity contribution is 0.0963. The Morgan fingerprint density at radius 1 is 1.02 bits per heavy atom. The molecule has 1 aliphatic carbocycles. The molecule has 1 aliphatic heterocycles. The molecule has 11 heteroatoms. The Morgan fingerprint density at radius 2 is 1.84 bits per heavy atom. The zero-order valence-corrected chi connectivity index (χ0v) is 23.4. The minimum Gasteiger partial charge on any atom is -0.493 e. The fourth-order valence-corrected chi connectivity index (χ4v) is 5.31. The molecule has 2 aromatic carbocycles. The summed E-state index contributed by atoms with van der Waals surface area (Å²) in [6.45, 7) is 0. The van der Waals surface area contributed by atoms with E-state index in [0.29, 0.717) is 54.1 Å². The predicted octanol–water partition coefficient (Wildman–Crippen LogP) is 4.55. The fourth-order valence-electron chi connectivity index (χ4n) is 5.31. The third-order valence-electron chi connectivity index (χ3n) is 7.38. The van der Waals surface area contributed by atoms with Gasteiger partial charge in [0, 0.05) is 48.0 Å². The number of hydrogen-bond donors (Lipinski definition) is 1. The van der Waals surface area contributed by atoms with Crippen LogP contribution >= 0.6 is 0 Å². The van der Waals surface area contributed by atoms with Crippen LogP contribution in [0.4, 0.5) is 4.39 Å². The van der Waals surface area contributed by atoms with Crippen LogP contribution in [0, 0.1) is 5.82 Å². The highest BCUT2D eigenvalue weighted by atomic mass is 19.1. The van der Waals surface area contributed by atoms with Gasteiger partial charge < -0.3 is 19.5 Å². The van der Waals surface area contributed by atoms with E-state index in [4.69, 9.17) is 14.2 Å². The number of carbonyl (C=O) groups is 2. The number of rotatable bonds is 7. The number of halogens is 1. The lowest BCUT2D eigenvalue weighted by Crippen LogP contribution is -2.36. The molecule has 2 aliphatic rings. The SMILES string of the molecule is COc1cc2nccc(OC3C=NC(NC(=O)c4cc5c(n(-c6cccc(F)c6)c4=O)CCCC5=O)=CC3)c2cc1OC. The average molecular weight is 583 g/mol. The molecule has 0 saturated heterocycles. The van der Waals surface area contributed by atoms with Crippen molar-refractivity contribution in [3.8, 4) is 22.9 Å². The number of fused-ring (bicyclic) bond motifs is 2. The first-order valence-electron chi connectivity index (χ1n) is 13.7. The Hall–Kier alpha value is -5.32. The minimum absolute atomic E-state index is 0.171. The van der Waals surface area contributed by atoms with Crippen molar-refractivity contribution >= 4 is 28.8 Å². The van der Waals surface area contributed by atoms with Gasteiger partial charge in [-0.05, 0) is 55.3 Å². The molecule has 0 radical (unpaired) electrons. The largest absolute Gasteiger partial charge is 0.493 e. The Morgan fingerprint density at radius 3 is 2.58 bits per heavy atom. The molecule has 0 bridgehead atoms. The maximum atomic E-state index is 14.1. The van der Waals surface area contributed by atoms with Crippen LogP contribution in [0.15, 0.2) is 76.4 Å². The maximum absolute atomic E-state index is 14.1. The standard InChI is InChI=1S/C32H27FN4O6/c1-41-28-15-21-24(16-29(28)42-2)34-12-11-27(21)43-20-9-10-30(35-17-20)36-31(39)23-14-22-25(7-4-8-26(22)38)37(32(23)40)19-6-3-5-18(33)13-19/h3,5-6,10-17,20H,4,7-9H2,1-2H3,(H,36,39). The van der Waals surface area contributed by atoms with Gasteiger partial charge in [-0.1, -0.05) is 6.07 Å². The molecule has 43 heavy (non-hydrogen) atoms. The van der Waals surface area contributed by atoms with Crippen LogP contribution < -0.4 is 25.1 Å². The first-order valence-corrected chi connectivity index (χ1v) is 13.7. The zero-order chi connectivity index (χ0) is 30.1. The molecule has 6 rings (SSSR count). The summed E-state index contributed by atoms with van der Waals surface area (Å²) in [6.07, 6.45) is 6.14. The number of Topliss-reactive ketones (excluding diaryl/α,β-unsaturated/α-hetero) is 1. The topological polar surface area (TPSA) is 121 Å². The summed E-state index contributed by atoms with van der Waals surface area (Å²) in [6, 6.07) is 12.1. The molecule has 218 valence electrons. The maximum Gasteiger partial charge on any atom is 0.268 e. The van der Waals surface area contributed by atoms with Crippen LogP contribution in [0.25, 0.3) is 16.6 Å². The molecule has 1 amide bonds. The van der Waals surface area contributed by atoms with Crippen LogP contribution in [-0.4, -0.2) is 47.8 Å². The van der Waals surface area contributed by atoms with Gasteiger partial charge in [0.15, 0.2) is 17.3 Å². The summed E-state index contributed by atoms with van der Waals surface area (Å²) >= 11 is 0. The summed E-state index contributed by atoms with van der Waals surface area (Å²) in [5, 5.41) is 3.39. The van der Waals surface area contributed by atoms with Crippen LogP contribution in [0.5, 0.6) is 17.2 Å². The van der Waals surface area contributed by atoms with Crippen molar-refractivity contribution in [2.24, 2.45) is 4.99 Å². The van der Waals surface area contributed by atoms with Crippen LogP contribution in [0.3, 0.4) is 0 Å². The second kappa shape index (κ2) is 11.5. The summed E-state index contributed by atoms with van der Waals surface area (Å²) in [5.74, 6) is 0.461. The second-order valence-electron chi connectivity index (χ2n) is 10.1. The van der Waals surface area contributed by atoms with Crippen molar-refractivity contribution in [2.75, 3.05) is 14.2 Å². The third-order valence-corrected chi connectivity index (χ3v) is 7.38. The number of aromatic nitrogens is 2. The van der Waals surface area contributed by atoms with Gasteiger partial charge in [0.25, 0.3) is 11.5 Å². The summed E-state index contributed by atoms with van der Waals surface area (Å²) in [4.78, 5) is 48.4. The zero-order valence-electron chi connectivity index (χ0n) is 23.4. The first kappa shape index (κ1) is 27.8. The highest BCUT2D eigenvalue weighted by Gasteiger charge is 2.27. The van der Waals surface area contributed by atoms with E-state index >= 15 is 0 Å². The van der Waals surface area contributed by atoms with Gasteiger partial charge in [0.1, 0.15) is 29.1 Å². The Bertz CT molecular complexity index is 1900. The number of methoxy groups -OCH3 is 2. The molecular weight excluding hydrogens is 555 g/mol. The molecule has 1 atom stereocenters. The van der Waals surface area contributed by atoms with Gasteiger partial charge in [-0.3, -0.25) is 23.9 Å². The first-order chi connectivity index (χ1) is 20.9. The Kier molecular flexibility index (Phi) is 7.45. The van der Waals surface area contributed by atoms with Gasteiger partial charge in [0.2, 0.25) is 0 Å². The number of carbonyl (C=O) groups excluding carboxylic acids is 2. The molecule has 1 N–H and O–H groups in total. The molecule has 2 aromatic heterocycles. The van der Waals surface area contributed by atoms with E-state index in [9.17, 15) is 18.8 Å². The number of ether oxygens (including phenoxy) is 3. The van der Waals surface area contributed by atoms with Crippen molar-refractivity contribution in [3.63, 3.8) is 0 Å². The number of ketones is 1. The number of hydrogen-bond acceptors (Lipinski definition) is 8. The lowest BCUT2D eigenvalue weighted by Gasteiger charge is -2.22. The van der Waals surface area contributed by atoms with E-state index in [0.717, 1.165) is 5.39 Å². The lowest BCUT2D eigenvalue weighted by atomic mass is 9.92. The summed E-state index contributed by atoms with van der Waals surface area (Å²) < 4.78 is 32.3.